The van der Waals surface area contributed by atoms with Crippen LogP contribution in [0.25, 0.3) is 0 Å². The predicted octanol–water partition coefficient (Wildman–Crippen LogP) is 4.71. The fraction of sp³-hybridized carbons (Fsp3) is 0.571. The van der Waals surface area contributed by atoms with E-state index in [4.69, 9.17) is 0 Å². The van der Waals surface area contributed by atoms with Crippen LogP contribution in [0, 0.1) is 0 Å². The molecule has 1 aromatic carbocycles. The molecule has 0 spiro atoms. The van der Waals surface area contributed by atoms with Crippen LogP contribution in [0.1, 0.15) is 38.3 Å². The number of hydrogen-bond acceptors (Lipinski definition) is 2. The Hall–Kier alpha value is -0.680. The Bertz CT molecular complexity index is 402. The molecule has 0 aliphatic rings. The van der Waals surface area contributed by atoms with Gasteiger partial charge in [0, 0.05) is 16.7 Å². The standard InChI is InChI=1S/C14H20F3NS/c1-4-7-18-9-11-5-6-12(19-10(2)3)8-13(11)14(15,16)17/h5-6,8,10,18H,4,7,9H2,1-3H3. The van der Waals surface area contributed by atoms with E-state index in [1.54, 1.807) is 12.1 Å². The SMILES string of the molecule is CCCNCc1ccc(SC(C)C)cc1C(F)(F)F. The van der Waals surface area contributed by atoms with E-state index in [0.29, 0.717) is 10.5 Å². The fourth-order valence-electron chi connectivity index (χ4n) is 1.72. The molecule has 0 heterocycles. The third-order valence-corrected chi connectivity index (χ3v) is 3.50. The number of hydrogen-bond donors (Lipinski definition) is 1. The first kappa shape index (κ1) is 16.4. The van der Waals surface area contributed by atoms with E-state index in [1.165, 1.54) is 17.8 Å². The largest absolute Gasteiger partial charge is 0.416 e. The zero-order chi connectivity index (χ0) is 14.5. The molecule has 0 aliphatic heterocycles. The third-order valence-electron chi connectivity index (χ3n) is 2.50. The Balaban J connectivity index is 2.96. The van der Waals surface area contributed by atoms with Crippen molar-refractivity contribution in [2.24, 2.45) is 0 Å². The molecule has 108 valence electrons. The van der Waals surface area contributed by atoms with Crippen molar-refractivity contribution in [1.29, 1.82) is 0 Å². The summed E-state index contributed by atoms with van der Waals surface area (Å²) in [5.41, 5.74) is -0.212. The Kier molecular flexibility index (Phi) is 6.20. The minimum atomic E-state index is -4.29. The molecule has 5 heteroatoms. The molecule has 1 rings (SSSR count). The Morgan fingerprint density at radius 1 is 1.26 bits per heavy atom. The first-order valence-corrected chi connectivity index (χ1v) is 7.30. The Labute approximate surface area is 117 Å². The van der Waals surface area contributed by atoms with Crippen LogP contribution >= 0.6 is 11.8 Å². The maximum atomic E-state index is 13.0. The van der Waals surface area contributed by atoms with E-state index in [-0.39, 0.29) is 11.8 Å². The monoisotopic (exact) mass is 291 g/mol. The molecule has 0 aromatic heterocycles. The summed E-state index contributed by atoms with van der Waals surface area (Å²) < 4.78 is 39.1. The van der Waals surface area contributed by atoms with Crippen molar-refractivity contribution < 1.29 is 13.2 Å². The zero-order valence-corrected chi connectivity index (χ0v) is 12.3. The Morgan fingerprint density at radius 3 is 2.47 bits per heavy atom. The molecule has 0 bridgehead atoms. The van der Waals surface area contributed by atoms with Gasteiger partial charge in [-0.15, -0.1) is 11.8 Å². The third kappa shape index (κ3) is 5.45. The molecule has 1 nitrogen and oxygen atoms in total. The average Bonchev–Trinajstić information content (AvgIpc) is 2.29. The predicted molar refractivity (Wildman–Crippen MR) is 74.4 cm³/mol. The first-order valence-electron chi connectivity index (χ1n) is 6.42. The van der Waals surface area contributed by atoms with E-state index in [0.717, 1.165) is 13.0 Å². The van der Waals surface area contributed by atoms with Gasteiger partial charge in [0.2, 0.25) is 0 Å². The van der Waals surface area contributed by atoms with E-state index in [2.05, 4.69) is 5.32 Å². The zero-order valence-electron chi connectivity index (χ0n) is 11.5. The van der Waals surface area contributed by atoms with Gasteiger partial charge in [0.1, 0.15) is 0 Å². The van der Waals surface area contributed by atoms with Crippen LogP contribution in [-0.4, -0.2) is 11.8 Å². The second-order valence-electron chi connectivity index (χ2n) is 4.66. The number of alkyl halides is 3. The molecular weight excluding hydrogens is 271 g/mol. The Morgan fingerprint density at radius 2 is 1.95 bits per heavy atom. The highest BCUT2D eigenvalue weighted by atomic mass is 32.2. The van der Waals surface area contributed by atoms with Crippen molar-refractivity contribution in [1.82, 2.24) is 5.32 Å². The molecule has 0 radical (unpaired) electrons. The van der Waals surface area contributed by atoms with E-state index in [9.17, 15) is 13.2 Å². The van der Waals surface area contributed by atoms with Crippen molar-refractivity contribution in [3.8, 4) is 0 Å². The van der Waals surface area contributed by atoms with Gasteiger partial charge in [0.25, 0.3) is 0 Å². The van der Waals surface area contributed by atoms with Gasteiger partial charge in [-0.25, -0.2) is 0 Å². The summed E-state index contributed by atoms with van der Waals surface area (Å²) in [5.74, 6) is 0. The second-order valence-corrected chi connectivity index (χ2v) is 6.31. The lowest BCUT2D eigenvalue weighted by atomic mass is 10.1. The molecule has 1 N–H and O–H groups in total. The molecule has 19 heavy (non-hydrogen) atoms. The summed E-state index contributed by atoms with van der Waals surface area (Å²) in [5, 5.41) is 3.29. The molecule has 0 amide bonds. The first-order chi connectivity index (χ1) is 8.84. The van der Waals surface area contributed by atoms with Gasteiger partial charge in [-0.2, -0.15) is 13.2 Å². The number of thioether (sulfide) groups is 1. The van der Waals surface area contributed by atoms with Gasteiger partial charge in [-0.1, -0.05) is 26.8 Å². The molecule has 0 atom stereocenters. The quantitative estimate of drug-likeness (QED) is 0.602. The number of benzene rings is 1. The van der Waals surface area contributed by atoms with Crippen LogP contribution in [0.5, 0.6) is 0 Å². The lowest BCUT2D eigenvalue weighted by molar-refractivity contribution is -0.138. The van der Waals surface area contributed by atoms with Gasteiger partial charge >= 0.3 is 6.18 Å². The maximum absolute atomic E-state index is 13.0. The van der Waals surface area contributed by atoms with Crippen LogP contribution in [0.2, 0.25) is 0 Å². The molecule has 0 unspecified atom stereocenters. The highest BCUT2D eigenvalue weighted by molar-refractivity contribution is 7.99. The highest BCUT2D eigenvalue weighted by Crippen LogP contribution is 2.35. The number of nitrogens with one attached hydrogen (secondary N) is 1. The summed E-state index contributed by atoms with van der Waals surface area (Å²) in [7, 11) is 0. The second kappa shape index (κ2) is 7.20. The summed E-state index contributed by atoms with van der Waals surface area (Å²) in [6.45, 7) is 6.90. The van der Waals surface area contributed by atoms with E-state index < -0.39 is 11.7 Å². The smallest absolute Gasteiger partial charge is 0.313 e. The van der Waals surface area contributed by atoms with E-state index in [1.807, 2.05) is 20.8 Å². The van der Waals surface area contributed by atoms with Crippen molar-refractivity contribution in [2.75, 3.05) is 6.54 Å². The highest BCUT2D eigenvalue weighted by Gasteiger charge is 2.33. The lowest BCUT2D eigenvalue weighted by Gasteiger charge is -2.15. The van der Waals surface area contributed by atoms with Gasteiger partial charge < -0.3 is 5.32 Å². The fourth-order valence-corrected chi connectivity index (χ4v) is 2.60. The number of halogens is 3. The van der Waals surface area contributed by atoms with Crippen molar-refractivity contribution in [2.45, 2.75) is 50.1 Å². The van der Waals surface area contributed by atoms with Gasteiger partial charge in [-0.05, 0) is 30.7 Å². The van der Waals surface area contributed by atoms with Crippen molar-refractivity contribution in [3.05, 3.63) is 29.3 Å². The molecule has 1 aromatic rings. The minimum absolute atomic E-state index is 0.259. The maximum Gasteiger partial charge on any atom is 0.416 e. The van der Waals surface area contributed by atoms with Crippen LogP contribution < -0.4 is 5.32 Å². The molecular formula is C14H20F3NS. The molecule has 0 fully saturated rings. The van der Waals surface area contributed by atoms with Crippen molar-refractivity contribution in [3.63, 3.8) is 0 Å². The minimum Gasteiger partial charge on any atom is -0.313 e. The van der Waals surface area contributed by atoms with Crippen LogP contribution in [0.4, 0.5) is 13.2 Å². The van der Waals surface area contributed by atoms with Gasteiger partial charge in [-0.3, -0.25) is 0 Å². The van der Waals surface area contributed by atoms with Crippen LogP contribution in [-0.2, 0) is 12.7 Å². The molecule has 0 saturated heterocycles. The topological polar surface area (TPSA) is 12.0 Å². The summed E-state index contributed by atoms with van der Waals surface area (Å²) in [6, 6.07) is 4.60. The normalized spacial score (nSPS) is 12.2. The number of rotatable bonds is 6. The van der Waals surface area contributed by atoms with Gasteiger partial charge in [0.15, 0.2) is 0 Å². The van der Waals surface area contributed by atoms with Crippen LogP contribution in [0.15, 0.2) is 23.1 Å². The van der Waals surface area contributed by atoms with Crippen molar-refractivity contribution >= 4 is 11.8 Å². The summed E-state index contributed by atoms with van der Waals surface area (Å²) >= 11 is 1.45. The van der Waals surface area contributed by atoms with E-state index >= 15 is 0 Å². The lowest BCUT2D eigenvalue weighted by Crippen LogP contribution is -2.18. The summed E-state index contributed by atoms with van der Waals surface area (Å²) in [6.07, 6.45) is -3.39. The molecule has 0 aliphatic carbocycles. The van der Waals surface area contributed by atoms with Crippen LogP contribution in [0.3, 0.4) is 0 Å². The average molecular weight is 291 g/mol. The molecule has 0 saturated carbocycles. The van der Waals surface area contributed by atoms with Gasteiger partial charge in [0.05, 0.1) is 5.56 Å². The summed E-state index contributed by atoms with van der Waals surface area (Å²) in [4.78, 5) is 0.668.